The fourth-order valence-electron chi connectivity index (χ4n) is 1.79. The molecular weight excluding hydrogens is 174 g/mol. The molecule has 0 saturated heterocycles. The molecule has 0 aliphatic rings. The zero-order chi connectivity index (χ0) is 10.6. The van der Waals surface area contributed by atoms with E-state index >= 15 is 0 Å². The average molecular weight is 195 g/mol. The van der Waals surface area contributed by atoms with Gasteiger partial charge in [-0.15, -0.1) is 0 Å². The number of nitrogens with zero attached hydrogens (tertiary/aromatic N) is 1. The fraction of sp³-hybridized carbons (Fsp3) is 0.727. The minimum Gasteiger partial charge on any atom is -0.382 e. The summed E-state index contributed by atoms with van der Waals surface area (Å²) in [6.45, 7) is 6.53. The van der Waals surface area contributed by atoms with Crippen LogP contribution in [0.4, 0.5) is 5.82 Å². The SMILES string of the molecule is CCCCCc1[nH]nc(N)c1C(C)C. The van der Waals surface area contributed by atoms with Crippen LogP contribution in [0.15, 0.2) is 0 Å². The van der Waals surface area contributed by atoms with E-state index in [1.165, 1.54) is 30.5 Å². The van der Waals surface area contributed by atoms with Crippen LogP contribution in [0, 0.1) is 0 Å². The second-order valence-electron chi connectivity index (χ2n) is 4.11. The molecule has 3 heteroatoms. The lowest BCUT2D eigenvalue weighted by atomic mass is 10.00. The number of nitrogens with one attached hydrogen (secondary N) is 1. The topological polar surface area (TPSA) is 54.7 Å². The Kier molecular flexibility index (Phi) is 3.98. The summed E-state index contributed by atoms with van der Waals surface area (Å²) in [6.07, 6.45) is 4.82. The molecule has 1 rings (SSSR count). The van der Waals surface area contributed by atoms with Crippen molar-refractivity contribution in [3.8, 4) is 0 Å². The van der Waals surface area contributed by atoms with E-state index < -0.39 is 0 Å². The van der Waals surface area contributed by atoms with Gasteiger partial charge in [0.15, 0.2) is 0 Å². The molecule has 1 heterocycles. The van der Waals surface area contributed by atoms with Crippen LogP contribution in [-0.2, 0) is 6.42 Å². The van der Waals surface area contributed by atoms with Crippen LogP contribution in [0.2, 0.25) is 0 Å². The maximum absolute atomic E-state index is 5.80. The van der Waals surface area contributed by atoms with E-state index in [9.17, 15) is 0 Å². The van der Waals surface area contributed by atoms with E-state index in [0.717, 1.165) is 6.42 Å². The first-order chi connectivity index (χ1) is 6.66. The molecule has 14 heavy (non-hydrogen) atoms. The summed E-state index contributed by atoms with van der Waals surface area (Å²) in [5.74, 6) is 1.14. The van der Waals surface area contributed by atoms with E-state index in [1.54, 1.807) is 0 Å². The fourth-order valence-corrected chi connectivity index (χ4v) is 1.79. The first-order valence-corrected chi connectivity index (χ1v) is 5.49. The molecule has 0 aromatic carbocycles. The van der Waals surface area contributed by atoms with Gasteiger partial charge in [0.05, 0.1) is 0 Å². The maximum atomic E-state index is 5.80. The summed E-state index contributed by atoms with van der Waals surface area (Å²) in [6, 6.07) is 0. The third-order valence-electron chi connectivity index (χ3n) is 2.52. The molecule has 0 bridgehead atoms. The minimum atomic E-state index is 0.463. The van der Waals surface area contributed by atoms with Crippen molar-refractivity contribution in [1.82, 2.24) is 10.2 Å². The number of H-pyrrole nitrogens is 1. The molecule has 0 aliphatic carbocycles. The molecule has 0 spiro atoms. The molecule has 0 unspecified atom stereocenters. The van der Waals surface area contributed by atoms with Crippen molar-refractivity contribution in [1.29, 1.82) is 0 Å². The lowest BCUT2D eigenvalue weighted by molar-refractivity contribution is 0.696. The van der Waals surface area contributed by atoms with Crippen LogP contribution in [-0.4, -0.2) is 10.2 Å². The lowest BCUT2D eigenvalue weighted by Gasteiger charge is -2.06. The van der Waals surface area contributed by atoms with E-state index in [1.807, 2.05) is 0 Å². The Balaban J connectivity index is 2.66. The summed E-state index contributed by atoms with van der Waals surface area (Å²) in [7, 11) is 0. The monoisotopic (exact) mass is 195 g/mol. The minimum absolute atomic E-state index is 0.463. The molecule has 0 atom stereocenters. The Labute approximate surface area is 86.1 Å². The normalized spacial score (nSPS) is 11.1. The van der Waals surface area contributed by atoms with E-state index in [0.29, 0.717) is 11.7 Å². The lowest BCUT2D eigenvalue weighted by Crippen LogP contribution is -1.97. The highest BCUT2D eigenvalue weighted by Crippen LogP contribution is 2.24. The van der Waals surface area contributed by atoms with Gasteiger partial charge in [-0.1, -0.05) is 33.6 Å². The summed E-state index contributed by atoms with van der Waals surface area (Å²) < 4.78 is 0. The van der Waals surface area contributed by atoms with Crippen LogP contribution in [0.25, 0.3) is 0 Å². The second-order valence-corrected chi connectivity index (χ2v) is 4.11. The molecule has 0 radical (unpaired) electrons. The standard InChI is InChI=1S/C11H21N3/c1-4-5-6-7-9-10(8(2)3)11(12)14-13-9/h8H,4-7H2,1-3H3,(H3,12,13,14). The zero-order valence-corrected chi connectivity index (χ0v) is 9.43. The van der Waals surface area contributed by atoms with Crippen LogP contribution >= 0.6 is 0 Å². The number of rotatable bonds is 5. The quantitative estimate of drug-likeness (QED) is 0.710. The van der Waals surface area contributed by atoms with Crippen molar-refractivity contribution >= 4 is 5.82 Å². The molecule has 0 aliphatic heterocycles. The van der Waals surface area contributed by atoms with Crippen molar-refractivity contribution in [2.45, 2.75) is 52.4 Å². The molecule has 1 aromatic heterocycles. The molecule has 0 fully saturated rings. The van der Waals surface area contributed by atoms with Crippen LogP contribution < -0.4 is 5.73 Å². The van der Waals surface area contributed by atoms with E-state index in [4.69, 9.17) is 5.73 Å². The van der Waals surface area contributed by atoms with Crippen LogP contribution in [0.1, 0.15) is 57.2 Å². The molecular formula is C11H21N3. The largest absolute Gasteiger partial charge is 0.382 e. The number of aromatic amines is 1. The Morgan fingerprint density at radius 1 is 1.36 bits per heavy atom. The molecule has 3 nitrogen and oxygen atoms in total. The summed E-state index contributed by atoms with van der Waals surface area (Å²) in [5, 5.41) is 7.11. The van der Waals surface area contributed by atoms with Gasteiger partial charge in [-0.3, -0.25) is 5.10 Å². The summed E-state index contributed by atoms with van der Waals surface area (Å²) >= 11 is 0. The number of aromatic nitrogens is 2. The van der Waals surface area contributed by atoms with Gasteiger partial charge in [0, 0.05) is 11.3 Å². The number of nitrogens with two attached hydrogens (primary N) is 1. The van der Waals surface area contributed by atoms with Crippen molar-refractivity contribution < 1.29 is 0 Å². The molecule has 0 amide bonds. The zero-order valence-electron chi connectivity index (χ0n) is 9.43. The average Bonchev–Trinajstić information content (AvgIpc) is 2.47. The summed E-state index contributed by atoms with van der Waals surface area (Å²) in [4.78, 5) is 0. The highest BCUT2D eigenvalue weighted by Gasteiger charge is 2.13. The molecule has 3 N–H and O–H groups in total. The predicted molar refractivity (Wildman–Crippen MR) is 60.3 cm³/mol. The molecule has 0 saturated carbocycles. The third-order valence-corrected chi connectivity index (χ3v) is 2.52. The number of hydrogen-bond acceptors (Lipinski definition) is 2. The van der Waals surface area contributed by atoms with Gasteiger partial charge in [-0.05, 0) is 18.8 Å². The first-order valence-electron chi connectivity index (χ1n) is 5.49. The second kappa shape index (κ2) is 5.03. The van der Waals surface area contributed by atoms with Gasteiger partial charge in [0.25, 0.3) is 0 Å². The molecule has 1 aromatic rings. The molecule has 80 valence electrons. The van der Waals surface area contributed by atoms with Gasteiger partial charge < -0.3 is 5.73 Å². The Morgan fingerprint density at radius 3 is 2.64 bits per heavy atom. The van der Waals surface area contributed by atoms with Gasteiger partial charge >= 0.3 is 0 Å². The number of hydrogen-bond donors (Lipinski definition) is 2. The highest BCUT2D eigenvalue weighted by atomic mass is 15.2. The number of nitrogen functional groups attached to an aromatic ring is 1. The highest BCUT2D eigenvalue weighted by molar-refractivity contribution is 5.44. The third kappa shape index (κ3) is 2.50. The maximum Gasteiger partial charge on any atom is 0.148 e. The van der Waals surface area contributed by atoms with Crippen molar-refractivity contribution in [2.75, 3.05) is 5.73 Å². The van der Waals surface area contributed by atoms with Crippen LogP contribution in [0.5, 0.6) is 0 Å². The smallest absolute Gasteiger partial charge is 0.148 e. The van der Waals surface area contributed by atoms with E-state index in [-0.39, 0.29) is 0 Å². The predicted octanol–water partition coefficient (Wildman–Crippen LogP) is 2.85. The van der Waals surface area contributed by atoms with Crippen molar-refractivity contribution in [2.24, 2.45) is 0 Å². The van der Waals surface area contributed by atoms with E-state index in [2.05, 4.69) is 31.0 Å². The first kappa shape index (κ1) is 11.1. The Morgan fingerprint density at radius 2 is 2.07 bits per heavy atom. The number of anilines is 1. The van der Waals surface area contributed by atoms with Gasteiger partial charge in [-0.25, -0.2) is 0 Å². The van der Waals surface area contributed by atoms with Crippen molar-refractivity contribution in [3.63, 3.8) is 0 Å². The van der Waals surface area contributed by atoms with Crippen LogP contribution in [0.3, 0.4) is 0 Å². The van der Waals surface area contributed by atoms with Gasteiger partial charge in [0.1, 0.15) is 5.82 Å². The van der Waals surface area contributed by atoms with Gasteiger partial charge in [0.2, 0.25) is 0 Å². The van der Waals surface area contributed by atoms with Gasteiger partial charge in [-0.2, -0.15) is 5.10 Å². The Bertz CT molecular complexity index is 276. The van der Waals surface area contributed by atoms with Crippen molar-refractivity contribution in [3.05, 3.63) is 11.3 Å². The number of aryl methyl sites for hydroxylation is 1. The number of unbranched alkanes of at least 4 members (excludes halogenated alkanes) is 2. The Hall–Kier alpha value is -0.990. The summed E-state index contributed by atoms with van der Waals surface area (Å²) in [5.41, 5.74) is 8.24.